The van der Waals surface area contributed by atoms with Crippen LogP contribution in [-0.4, -0.2) is 39.7 Å². The first-order valence-electron chi connectivity index (χ1n) is 7.52. The highest BCUT2D eigenvalue weighted by atomic mass is 16.2. The third-order valence-corrected chi connectivity index (χ3v) is 3.86. The van der Waals surface area contributed by atoms with Crippen LogP contribution in [0.25, 0.3) is 0 Å². The second-order valence-corrected chi connectivity index (χ2v) is 6.47. The van der Waals surface area contributed by atoms with Crippen molar-refractivity contribution in [2.24, 2.45) is 0 Å². The minimum absolute atomic E-state index is 0.00624. The molecule has 1 amide bonds. The predicted octanol–water partition coefficient (Wildman–Crippen LogP) is 2.45. The van der Waals surface area contributed by atoms with Gasteiger partial charge >= 0.3 is 0 Å². The number of amides is 1. The minimum Gasteiger partial charge on any atom is -0.322 e. The lowest BCUT2D eigenvalue weighted by molar-refractivity contribution is -0.122. The highest BCUT2D eigenvalue weighted by Gasteiger charge is 2.27. The molecule has 2 rings (SSSR count). The fraction of sp³-hybridized carbons (Fsp3) is 0.733. The molecule has 0 spiro atoms. The Morgan fingerprint density at radius 3 is 2.80 bits per heavy atom. The summed E-state index contributed by atoms with van der Waals surface area (Å²) in [6.07, 6.45) is 6.90. The summed E-state index contributed by atoms with van der Waals surface area (Å²) in [5.41, 5.74) is 0.718. The van der Waals surface area contributed by atoms with Gasteiger partial charge < -0.3 is 5.32 Å². The Kier molecular flexibility index (Phi) is 4.48. The Hall–Kier alpha value is -1.36. The Morgan fingerprint density at radius 2 is 2.20 bits per heavy atom. The maximum atomic E-state index is 12.4. The maximum absolute atomic E-state index is 12.4. The number of carbonyl (C=O) groups is 1. The zero-order valence-electron chi connectivity index (χ0n) is 13.0. The second kappa shape index (κ2) is 5.95. The number of likely N-dealkylation sites (N-methyl/N-ethyl adjacent to an activating group) is 1. The van der Waals surface area contributed by atoms with Gasteiger partial charge in [-0.3, -0.25) is 14.4 Å². The number of anilines is 1. The molecule has 0 unspecified atom stereocenters. The van der Waals surface area contributed by atoms with Crippen LogP contribution < -0.4 is 5.32 Å². The van der Waals surface area contributed by atoms with E-state index in [1.807, 2.05) is 10.9 Å². The molecule has 0 saturated carbocycles. The molecule has 5 heteroatoms. The van der Waals surface area contributed by atoms with Crippen LogP contribution in [0, 0.1) is 0 Å². The van der Waals surface area contributed by atoms with Gasteiger partial charge in [-0.25, -0.2) is 0 Å². The van der Waals surface area contributed by atoms with Crippen LogP contribution in [0.2, 0.25) is 0 Å². The van der Waals surface area contributed by atoms with Crippen molar-refractivity contribution in [3.8, 4) is 0 Å². The van der Waals surface area contributed by atoms with Crippen LogP contribution in [-0.2, 0) is 10.3 Å². The monoisotopic (exact) mass is 278 g/mol. The number of carbonyl (C=O) groups excluding carboxylic acids is 1. The van der Waals surface area contributed by atoms with Crippen molar-refractivity contribution < 1.29 is 4.79 Å². The largest absolute Gasteiger partial charge is 0.322 e. The molecule has 20 heavy (non-hydrogen) atoms. The first kappa shape index (κ1) is 15.0. The third kappa shape index (κ3) is 3.39. The van der Waals surface area contributed by atoms with Gasteiger partial charge in [0.05, 0.1) is 23.5 Å². The normalized spacial score (nSPS) is 20.9. The average Bonchev–Trinajstić information content (AvgIpc) is 2.87. The Labute approximate surface area is 121 Å². The molecule has 1 saturated heterocycles. The van der Waals surface area contributed by atoms with E-state index < -0.39 is 0 Å². The van der Waals surface area contributed by atoms with E-state index in [2.05, 4.69) is 43.0 Å². The van der Waals surface area contributed by atoms with Crippen molar-refractivity contribution in [1.29, 1.82) is 0 Å². The summed E-state index contributed by atoms with van der Waals surface area (Å²) in [6.45, 7) is 10.3. The molecule has 0 aromatic carbocycles. The Morgan fingerprint density at radius 1 is 1.45 bits per heavy atom. The molecule has 1 fully saturated rings. The number of piperidine rings is 1. The van der Waals surface area contributed by atoms with Gasteiger partial charge in [0, 0.05) is 6.20 Å². The second-order valence-electron chi connectivity index (χ2n) is 6.47. The Balaban J connectivity index is 2.02. The summed E-state index contributed by atoms with van der Waals surface area (Å²) in [5, 5.41) is 7.32. The van der Waals surface area contributed by atoms with Gasteiger partial charge in [0.25, 0.3) is 0 Å². The van der Waals surface area contributed by atoms with E-state index in [9.17, 15) is 4.79 Å². The highest BCUT2D eigenvalue weighted by Crippen LogP contribution is 2.20. The van der Waals surface area contributed by atoms with Crippen LogP contribution in [0.15, 0.2) is 12.4 Å². The van der Waals surface area contributed by atoms with E-state index in [-0.39, 0.29) is 17.5 Å². The summed E-state index contributed by atoms with van der Waals surface area (Å²) in [4.78, 5) is 14.7. The molecule has 0 aliphatic carbocycles. The smallest absolute Gasteiger partial charge is 0.241 e. The zero-order chi connectivity index (χ0) is 14.8. The van der Waals surface area contributed by atoms with Gasteiger partial charge in [-0.2, -0.15) is 5.10 Å². The van der Waals surface area contributed by atoms with E-state index in [1.165, 1.54) is 6.42 Å². The molecule has 5 nitrogen and oxygen atoms in total. The molecular weight excluding hydrogens is 252 g/mol. The molecule has 1 N–H and O–H groups in total. The zero-order valence-corrected chi connectivity index (χ0v) is 13.0. The molecule has 112 valence electrons. The number of likely N-dealkylation sites (tertiary alicyclic amines) is 1. The molecule has 1 aromatic rings. The van der Waals surface area contributed by atoms with Crippen molar-refractivity contribution in [2.45, 2.75) is 58.5 Å². The molecule has 1 aliphatic heterocycles. The average molecular weight is 278 g/mol. The lowest BCUT2D eigenvalue weighted by Gasteiger charge is -2.33. The predicted molar refractivity (Wildman–Crippen MR) is 80.7 cm³/mol. The van der Waals surface area contributed by atoms with Gasteiger partial charge in [0.15, 0.2) is 0 Å². The van der Waals surface area contributed by atoms with Crippen LogP contribution in [0.5, 0.6) is 0 Å². The summed E-state index contributed by atoms with van der Waals surface area (Å²) < 4.78 is 1.88. The molecule has 1 aliphatic rings. The lowest BCUT2D eigenvalue weighted by Crippen LogP contribution is -2.46. The van der Waals surface area contributed by atoms with Crippen molar-refractivity contribution in [3.05, 3.63) is 12.4 Å². The molecule has 0 bridgehead atoms. The molecule has 1 aromatic heterocycles. The van der Waals surface area contributed by atoms with Gasteiger partial charge in [0.1, 0.15) is 0 Å². The summed E-state index contributed by atoms with van der Waals surface area (Å²) in [7, 11) is 0. The first-order chi connectivity index (χ1) is 9.41. The molecular formula is C15H26N4O. The fourth-order valence-corrected chi connectivity index (χ4v) is 2.65. The number of rotatable bonds is 3. The first-order valence-corrected chi connectivity index (χ1v) is 7.52. The van der Waals surface area contributed by atoms with Crippen LogP contribution >= 0.6 is 0 Å². The summed E-state index contributed by atoms with van der Waals surface area (Å²) >= 11 is 0. The minimum atomic E-state index is -0.0662. The number of hydrogen-bond acceptors (Lipinski definition) is 3. The van der Waals surface area contributed by atoms with Gasteiger partial charge in [-0.1, -0.05) is 13.3 Å². The molecule has 1 atom stereocenters. The van der Waals surface area contributed by atoms with Gasteiger partial charge in [0.2, 0.25) is 5.91 Å². The molecule has 2 heterocycles. The number of hydrogen-bond donors (Lipinski definition) is 1. The number of aromatic nitrogens is 2. The van der Waals surface area contributed by atoms with Crippen molar-refractivity contribution >= 4 is 11.6 Å². The fourth-order valence-electron chi connectivity index (χ4n) is 2.65. The third-order valence-electron chi connectivity index (χ3n) is 3.86. The lowest BCUT2D eigenvalue weighted by atomic mass is 10.0. The van der Waals surface area contributed by atoms with Crippen molar-refractivity contribution in [2.75, 3.05) is 18.4 Å². The van der Waals surface area contributed by atoms with Crippen molar-refractivity contribution in [1.82, 2.24) is 14.7 Å². The maximum Gasteiger partial charge on any atom is 0.241 e. The van der Waals surface area contributed by atoms with E-state index in [4.69, 9.17) is 0 Å². The highest BCUT2D eigenvalue weighted by molar-refractivity contribution is 5.94. The van der Waals surface area contributed by atoms with Crippen LogP contribution in [0.4, 0.5) is 5.69 Å². The van der Waals surface area contributed by atoms with Crippen molar-refractivity contribution in [3.63, 3.8) is 0 Å². The number of nitrogens with one attached hydrogen (secondary N) is 1. The van der Waals surface area contributed by atoms with Crippen LogP contribution in [0.1, 0.15) is 47.0 Å². The van der Waals surface area contributed by atoms with Gasteiger partial charge in [-0.05, 0) is 46.7 Å². The van der Waals surface area contributed by atoms with E-state index in [0.29, 0.717) is 0 Å². The van der Waals surface area contributed by atoms with E-state index in [1.54, 1.807) is 6.20 Å². The standard InChI is InChI=1S/C15H26N4O/c1-5-18-9-7-6-8-13(18)14(20)17-12-10-16-19(11-12)15(2,3)4/h10-11,13H,5-9H2,1-4H3,(H,17,20)/t13-/m0/s1. The van der Waals surface area contributed by atoms with Gasteiger partial charge in [-0.15, -0.1) is 0 Å². The summed E-state index contributed by atoms with van der Waals surface area (Å²) in [6, 6.07) is 0.00624. The summed E-state index contributed by atoms with van der Waals surface area (Å²) in [5.74, 6) is 0.0972. The van der Waals surface area contributed by atoms with E-state index >= 15 is 0 Å². The van der Waals surface area contributed by atoms with Crippen LogP contribution in [0.3, 0.4) is 0 Å². The molecule has 0 radical (unpaired) electrons. The number of nitrogens with zero attached hydrogens (tertiary/aromatic N) is 3. The topological polar surface area (TPSA) is 50.2 Å². The SMILES string of the molecule is CCN1CCCC[C@H]1C(=O)Nc1cnn(C(C)(C)C)c1. The quantitative estimate of drug-likeness (QED) is 0.924. The van der Waals surface area contributed by atoms with E-state index in [0.717, 1.165) is 31.6 Å². The Bertz CT molecular complexity index is 461.